The van der Waals surface area contributed by atoms with Crippen LogP contribution in [0.25, 0.3) is 0 Å². The third-order valence-corrected chi connectivity index (χ3v) is 2.41. The normalized spacial score (nSPS) is 17.9. The molecule has 0 unspecified atom stereocenters. The second-order valence-electron chi connectivity index (χ2n) is 3.49. The van der Waals surface area contributed by atoms with Gasteiger partial charge in [-0.2, -0.15) is 0 Å². The second kappa shape index (κ2) is 3.30. The van der Waals surface area contributed by atoms with E-state index in [-0.39, 0.29) is 0 Å². The third-order valence-electron chi connectivity index (χ3n) is 2.41. The van der Waals surface area contributed by atoms with Gasteiger partial charge in [-0.15, -0.1) is 0 Å². The maximum Gasteiger partial charge on any atom is 0.142 e. The van der Waals surface area contributed by atoms with Gasteiger partial charge >= 0.3 is 0 Å². The summed E-state index contributed by atoms with van der Waals surface area (Å²) in [6.45, 7) is 2.11. The molecule has 0 spiro atoms. The van der Waals surface area contributed by atoms with Gasteiger partial charge in [0.1, 0.15) is 5.82 Å². The zero-order valence-electron chi connectivity index (χ0n) is 7.82. The van der Waals surface area contributed by atoms with Crippen LogP contribution in [0.2, 0.25) is 0 Å². The summed E-state index contributed by atoms with van der Waals surface area (Å²) in [6.07, 6.45) is 3.59. The van der Waals surface area contributed by atoms with Crippen molar-refractivity contribution in [3.63, 3.8) is 0 Å². The SMILES string of the molecule is CN1CCc2ncc(N)nc2CC1. The molecular weight excluding hydrogens is 164 g/mol. The van der Waals surface area contributed by atoms with Crippen LogP contribution in [0, 0.1) is 0 Å². The lowest BCUT2D eigenvalue weighted by Gasteiger charge is -2.10. The van der Waals surface area contributed by atoms with E-state index in [1.54, 1.807) is 6.20 Å². The Kier molecular flexibility index (Phi) is 2.14. The van der Waals surface area contributed by atoms with Gasteiger partial charge in [-0.05, 0) is 7.05 Å². The fourth-order valence-corrected chi connectivity index (χ4v) is 1.58. The Morgan fingerprint density at radius 1 is 1.31 bits per heavy atom. The summed E-state index contributed by atoms with van der Waals surface area (Å²) in [5.74, 6) is 0.531. The molecule has 4 nitrogen and oxygen atoms in total. The van der Waals surface area contributed by atoms with E-state index in [1.807, 2.05) is 0 Å². The number of nitrogens with zero attached hydrogens (tertiary/aromatic N) is 3. The first-order valence-electron chi connectivity index (χ1n) is 4.54. The smallest absolute Gasteiger partial charge is 0.142 e. The molecule has 1 aliphatic heterocycles. The Balaban J connectivity index is 2.30. The predicted molar refractivity (Wildman–Crippen MR) is 51.3 cm³/mol. The molecular formula is C9H14N4. The van der Waals surface area contributed by atoms with Crippen molar-refractivity contribution in [2.24, 2.45) is 0 Å². The van der Waals surface area contributed by atoms with Crippen molar-refractivity contribution in [1.29, 1.82) is 0 Å². The summed E-state index contributed by atoms with van der Waals surface area (Å²) in [6, 6.07) is 0. The number of likely N-dealkylation sites (N-methyl/N-ethyl adjacent to an activating group) is 1. The number of nitrogens with two attached hydrogens (primary N) is 1. The van der Waals surface area contributed by atoms with Gasteiger partial charge in [0.15, 0.2) is 0 Å². The average molecular weight is 178 g/mol. The highest BCUT2D eigenvalue weighted by molar-refractivity contribution is 5.28. The average Bonchev–Trinajstić information content (AvgIpc) is 2.29. The molecule has 0 saturated heterocycles. The molecule has 4 heteroatoms. The molecule has 1 aromatic heterocycles. The molecule has 0 atom stereocenters. The molecule has 0 aromatic carbocycles. The fourth-order valence-electron chi connectivity index (χ4n) is 1.58. The van der Waals surface area contributed by atoms with Gasteiger partial charge in [-0.3, -0.25) is 4.98 Å². The van der Waals surface area contributed by atoms with Crippen LogP contribution in [0.15, 0.2) is 6.20 Å². The minimum absolute atomic E-state index is 0.531. The molecule has 2 N–H and O–H groups in total. The van der Waals surface area contributed by atoms with Crippen LogP contribution in [0.3, 0.4) is 0 Å². The molecule has 0 fully saturated rings. The first-order valence-corrected chi connectivity index (χ1v) is 4.54. The number of nitrogen functional groups attached to an aromatic ring is 1. The highest BCUT2D eigenvalue weighted by atomic mass is 15.1. The van der Waals surface area contributed by atoms with Crippen molar-refractivity contribution in [1.82, 2.24) is 14.9 Å². The van der Waals surface area contributed by atoms with E-state index < -0.39 is 0 Å². The van der Waals surface area contributed by atoms with E-state index >= 15 is 0 Å². The summed E-state index contributed by atoms with van der Waals surface area (Å²) in [5.41, 5.74) is 7.76. The van der Waals surface area contributed by atoms with Crippen LogP contribution >= 0.6 is 0 Å². The molecule has 1 aliphatic rings. The lowest BCUT2D eigenvalue weighted by atomic mass is 10.2. The van der Waals surface area contributed by atoms with Crippen LogP contribution in [-0.2, 0) is 12.8 Å². The maximum absolute atomic E-state index is 5.58. The third kappa shape index (κ3) is 1.78. The predicted octanol–water partition coefficient (Wildman–Crippen LogP) is 0.0892. The minimum Gasteiger partial charge on any atom is -0.382 e. The van der Waals surface area contributed by atoms with Gasteiger partial charge < -0.3 is 10.6 Å². The van der Waals surface area contributed by atoms with E-state index in [9.17, 15) is 0 Å². The molecule has 1 aromatic rings. The summed E-state index contributed by atoms with van der Waals surface area (Å²) < 4.78 is 0. The highest BCUT2D eigenvalue weighted by Gasteiger charge is 2.12. The number of fused-ring (bicyclic) bond motifs is 1. The van der Waals surface area contributed by atoms with E-state index in [4.69, 9.17) is 5.73 Å². The van der Waals surface area contributed by atoms with Gasteiger partial charge in [0, 0.05) is 25.9 Å². The Morgan fingerprint density at radius 3 is 2.77 bits per heavy atom. The number of hydrogen-bond donors (Lipinski definition) is 1. The number of aromatic nitrogens is 2. The van der Waals surface area contributed by atoms with Crippen LogP contribution < -0.4 is 5.73 Å². The number of anilines is 1. The molecule has 0 amide bonds. The topological polar surface area (TPSA) is 55.0 Å². The minimum atomic E-state index is 0.531. The number of rotatable bonds is 0. The van der Waals surface area contributed by atoms with Crippen molar-refractivity contribution >= 4 is 5.82 Å². The van der Waals surface area contributed by atoms with Crippen LogP contribution in [0.5, 0.6) is 0 Å². The highest BCUT2D eigenvalue weighted by Crippen LogP contribution is 2.11. The summed E-state index contributed by atoms with van der Waals surface area (Å²) in [5, 5.41) is 0. The fraction of sp³-hybridized carbons (Fsp3) is 0.556. The molecule has 70 valence electrons. The van der Waals surface area contributed by atoms with E-state index in [0.29, 0.717) is 5.82 Å². The zero-order chi connectivity index (χ0) is 9.26. The monoisotopic (exact) mass is 178 g/mol. The molecule has 0 radical (unpaired) electrons. The Hall–Kier alpha value is -1.16. The molecule has 0 aliphatic carbocycles. The van der Waals surface area contributed by atoms with Gasteiger partial charge in [0.25, 0.3) is 0 Å². The standard InChI is InChI=1S/C9H14N4/c1-13-4-2-7-8(3-5-13)12-9(10)6-11-7/h6H,2-5H2,1H3,(H2,10,12). The lowest BCUT2D eigenvalue weighted by molar-refractivity contribution is 0.351. The van der Waals surface area contributed by atoms with E-state index in [1.165, 1.54) is 0 Å². The first-order chi connectivity index (χ1) is 6.25. The van der Waals surface area contributed by atoms with Gasteiger partial charge in [-0.1, -0.05) is 0 Å². The van der Waals surface area contributed by atoms with Crippen molar-refractivity contribution in [3.05, 3.63) is 17.6 Å². The second-order valence-corrected chi connectivity index (χ2v) is 3.49. The molecule has 0 saturated carbocycles. The molecule has 2 rings (SSSR count). The van der Waals surface area contributed by atoms with E-state index in [0.717, 1.165) is 37.3 Å². The molecule has 13 heavy (non-hydrogen) atoms. The summed E-state index contributed by atoms with van der Waals surface area (Å²) >= 11 is 0. The Labute approximate surface area is 77.8 Å². The Morgan fingerprint density at radius 2 is 2.00 bits per heavy atom. The van der Waals surface area contributed by atoms with E-state index in [2.05, 4.69) is 21.9 Å². The Bertz CT molecular complexity index is 310. The zero-order valence-corrected chi connectivity index (χ0v) is 7.82. The number of hydrogen-bond acceptors (Lipinski definition) is 4. The summed E-state index contributed by atoms with van der Waals surface area (Å²) in [4.78, 5) is 10.9. The largest absolute Gasteiger partial charge is 0.382 e. The first kappa shape index (κ1) is 8.44. The van der Waals surface area contributed by atoms with Crippen molar-refractivity contribution in [2.45, 2.75) is 12.8 Å². The van der Waals surface area contributed by atoms with Crippen molar-refractivity contribution in [3.8, 4) is 0 Å². The quantitative estimate of drug-likeness (QED) is 0.611. The van der Waals surface area contributed by atoms with Crippen molar-refractivity contribution in [2.75, 3.05) is 25.9 Å². The van der Waals surface area contributed by atoms with Gasteiger partial charge in [0.2, 0.25) is 0 Å². The van der Waals surface area contributed by atoms with Gasteiger partial charge in [0.05, 0.1) is 17.6 Å². The summed E-state index contributed by atoms with van der Waals surface area (Å²) in [7, 11) is 2.12. The van der Waals surface area contributed by atoms with Crippen LogP contribution in [0.1, 0.15) is 11.4 Å². The van der Waals surface area contributed by atoms with Crippen LogP contribution in [0.4, 0.5) is 5.82 Å². The van der Waals surface area contributed by atoms with Gasteiger partial charge in [-0.25, -0.2) is 4.98 Å². The lowest BCUT2D eigenvalue weighted by Crippen LogP contribution is -2.20. The maximum atomic E-state index is 5.58. The molecule has 0 bridgehead atoms. The van der Waals surface area contributed by atoms with Crippen LogP contribution in [-0.4, -0.2) is 35.0 Å². The van der Waals surface area contributed by atoms with Crippen molar-refractivity contribution < 1.29 is 0 Å². The molecule has 2 heterocycles.